The number of nitrogens with zero attached hydrogens (tertiary/aromatic N) is 1. The Labute approximate surface area is 102 Å². The Morgan fingerprint density at radius 3 is 2.06 bits per heavy atom. The van der Waals surface area contributed by atoms with Gasteiger partial charge in [-0.05, 0) is 35.4 Å². The molecule has 0 aliphatic rings. The molecule has 1 N–H and O–H groups in total. The van der Waals surface area contributed by atoms with E-state index in [9.17, 15) is 13.2 Å². The number of nitrogens with one attached hydrogen (secondary N) is 1. The zero-order valence-electron chi connectivity index (χ0n) is 9.46. The van der Waals surface area contributed by atoms with Crippen molar-refractivity contribution in [2.45, 2.75) is 13.1 Å². The topological polar surface area (TPSA) is 24.9 Å². The van der Waals surface area contributed by atoms with E-state index in [4.69, 9.17) is 0 Å². The van der Waals surface area contributed by atoms with Crippen molar-refractivity contribution in [2.24, 2.45) is 0 Å². The Hall–Kier alpha value is -1.88. The highest BCUT2D eigenvalue weighted by molar-refractivity contribution is 5.19. The Bertz CT molecular complexity index is 506. The fourth-order valence-corrected chi connectivity index (χ4v) is 1.56. The molecule has 18 heavy (non-hydrogen) atoms. The molecule has 0 unspecified atom stereocenters. The van der Waals surface area contributed by atoms with Gasteiger partial charge >= 0.3 is 0 Å². The summed E-state index contributed by atoms with van der Waals surface area (Å²) in [5.74, 6) is -3.78. The third-order valence-electron chi connectivity index (χ3n) is 2.45. The summed E-state index contributed by atoms with van der Waals surface area (Å²) >= 11 is 0. The van der Waals surface area contributed by atoms with Crippen LogP contribution in [0.2, 0.25) is 0 Å². The summed E-state index contributed by atoms with van der Waals surface area (Å²) < 4.78 is 38.6. The average molecular weight is 252 g/mol. The minimum absolute atomic E-state index is 0.260. The van der Waals surface area contributed by atoms with Gasteiger partial charge in [-0.15, -0.1) is 0 Å². The SMILES string of the molecule is Fc1cc(CNCc2ccncc2)cc(F)c1F. The van der Waals surface area contributed by atoms with Crippen LogP contribution in [0.1, 0.15) is 11.1 Å². The van der Waals surface area contributed by atoms with Crippen molar-refractivity contribution >= 4 is 0 Å². The predicted octanol–water partition coefficient (Wildman–Crippen LogP) is 2.79. The van der Waals surface area contributed by atoms with Crippen molar-refractivity contribution in [1.29, 1.82) is 0 Å². The van der Waals surface area contributed by atoms with E-state index in [2.05, 4.69) is 10.3 Å². The van der Waals surface area contributed by atoms with Crippen LogP contribution in [0.5, 0.6) is 0 Å². The molecule has 0 fully saturated rings. The molecule has 0 radical (unpaired) electrons. The number of halogens is 3. The van der Waals surface area contributed by atoms with Gasteiger partial charge in [0.25, 0.3) is 0 Å². The maximum Gasteiger partial charge on any atom is 0.194 e. The maximum atomic E-state index is 12.9. The molecule has 2 rings (SSSR count). The van der Waals surface area contributed by atoms with Gasteiger partial charge in [0.15, 0.2) is 17.5 Å². The van der Waals surface area contributed by atoms with Crippen LogP contribution in [0.25, 0.3) is 0 Å². The second-order valence-corrected chi connectivity index (χ2v) is 3.83. The van der Waals surface area contributed by atoms with Gasteiger partial charge in [-0.25, -0.2) is 13.2 Å². The molecular weight excluding hydrogens is 241 g/mol. The molecule has 0 amide bonds. The van der Waals surface area contributed by atoms with E-state index in [0.717, 1.165) is 17.7 Å². The summed E-state index contributed by atoms with van der Waals surface area (Å²) in [6.45, 7) is 0.805. The molecule has 0 bridgehead atoms. The zero-order valence-corrected chi connectivity index (χ0v) is 9.46. The fourth-order valence-electron chi connectivity index (χ4n) is 1.56. The predicted molar refractivity (Wildman–Crippen MR) is 61.1 cm³/mol. The lowest BCUT2D eigenvalue weighted by molar-refractivity contribution is 0.444. The van der Waals surface area contributed by atoms with Crippen LogP contribution >= 0.6 is 0 Å². The van der Waals surface area contributed by atoms with Gasteiger partial charge in [-0.3, -0.25) is 4.98 Å². The smallest absolute Gasteiger partial charge is 0.194 e. The highest BCUT2D eigenvalue weighted by Gasteiger charge is 2.09. The van der Waals surface area contributed by atoms with E-state index < -0.39 is 17.5 Å². The monoisotopic (exact) mass is 252 g/mol. The van der Waals surface area contributed by atoms with E-state index >= 15 is 0 Å². The zero-order chi connectivity index (χ0) is 13.0. The van der Waals surface area contributed by atoms with Gasteiger partial charge in [0.05, 0.1) is 0 Å². The molecule has 1 heterocycles. The summed E-state index contributed by atoms with van der Waals surface area (Å²) in [5, 5.41) is 3.01. The number of aromatic nitrogens is 1. The maximum absolute atomic E-state index is 12.9. The number of rotatable bonds is 4. The van der Waals surface area contributed by atoms with Gasteiger partial charge in [0.2, 0.25) is 0 Å². The molecule has 0 saturated carbocycles. The number of pyridine rings is 1. The molecule has 2 aromatic rings. The third-order valence-corrected chi connectivity index (χ3v) is 2.45. The lowest BCUT2D eigenvalue weighted by atomic mass is 10.2. The summed E-state index contributed by atoms with van der Waals surface area (Å²) in [5.41, 5.74) is 1.37. The lowest BCUT2D eigenvalue weighted by Crippen LogP contribution is -2.13. The summed E-state index contributed by atoms with van der Waals surface area (Å²) in [6.07, 6.45) is 3.32. The largest absolute Gasteiger partial charge is 0.309 e. The van der Waals surface area contributed by atoms with Crippen LogP contribution in [-0.2, 0) is 13.1 Å². The van der Waals surface area contributed by atoms with E-state index in [1.165, 1.54) is 0 Å². The van der Waals surface area contributed by atoms with Crippen LogP contribution in [-0.4, -0.2) is 4.98 Å². The first kappa shape index (κ1) is 12.6. The van der Waals surface area contributed by atoms with Crippen LogP contribution in [0.15, 0.2) is 36.7 Å². The van der Waals surface area contributed by atoms with Crippen molar-refractivity contribution in [3.05, 3.63) is 65.2 Å². The molecule has 0 aliphatic heterocycles. The fraction of sp³-hybridized carbons (Fsp3) is 0.154. The van der Waals surface area contributed by atoms with Crippen molar-refractivity contribution < 1.29 is 13.2 Å². The van der Waals surface area contributed by atoms with Gasteiger partial charge < -0.3 is 5.32 Å². The molecular formula is C13H11F3N2. The van der Waals surface area contributed by atoms with Crippen molar-refractivity contribution in [3.63, 3.8) is 0 Å². The molecule has 0 saturated heterocycles. The molecule has 0 spiro atoms. The first-order valence-electron chi connectivity index (χ1n) is 5.40. The van der Waals surface area contributed by atoms with Crippen LogP contribution in [0, 0.1) is 17.5 Å². The third kappa shape index (κ3) is 3.07. The normalized spacial score (nSPS) is 10.6. The Kier molecular flexibility index (Phi) is 3.94. The summed E-state index contributed by atoms with van der Waals surface area (Å²) in [4.78, 5) is 3.88. The minimum Gasteiger partial charge on any atom is -0.309 e. The second-order valence-electron chi connectivity index (χ2n) is 3.83. The van der Waals surface area contributed by atoms with E-state index in [1.54, 1.807) is 12.4 Å². The Morgan fingerprint density at radius 1 is 0.889 bits per heavy atom. The molecule has 0 atom stereocenters. The highest BCUT2D eigenvalue weighted by atomic mass is 19.2. The van der Waals surface area contributed by atoms with Crippen LogP contribution in [0.4, 0.5) is 13.2 Å². The van der Waals surface area contributed by atoms with Crippen molar-refractivity contribution in [2.75, 3.05) is 0 Å². The van der Waals surface area contributed by atoms with E-state index in [0.29, 0.717) is 12.1 Å². The number of benzene rings is 1. The molecule has 5 heteroatoms. The Morgan fingerprint density at radius 2 is 1.44 bits per heavy atom. The van der Waals surface area contributed by atoms with Crippen LogP contribution < -0.4 is 5.32 Å². The second kappa shape index (κ2) is 5.64. The van der Waals surface area contributed by atoms with Gasteiger partial charge in [0.1, 0.15) is 0 Å². The minimum atomic E-state index is -1.44. The first-order chi connectivity index (χ1) is 8.66. The number of hydrogen-bond acceptors (Lipinski definition) is 2. The van der Waals surface area contributed by atoms with Crippen LogP contribution in [0.3, 0.4) is 0 Å². The van der Waals surface area contributed by atoms with Crippen molar-refractivity contribution in [1.82, 2.24) is 10.3 Å². The van der Waals surface area contributed by atoms with Gasteiger partial charge in [0, 0.05) is 25.5 Å². The standard InChI is InChI=1S/C13H11F3N2/c14-11-5-10(6-12(15)13(11)16)8-18-7-9-1-3-17-4-2-9/h1-6,18H,7-8H2. The highest BCUT2D eigenvalue weighted by Crippen LogP contribution is 2.13. The first-order valence-corrected chi connectivity index (χ1v) is 5.40. The van der Waals surface area contributed by atoms with Crippen molar-refractivity contribution in [3.8, 4) is 0 Å². The molecule has 1 aromatic carbocycles. The molecule has 2 nitrogen and oxygen atoms in total. The summed E-state index contributed by atoms with van der Waals surface area (Å²) in [6, 6.07) is 5.63. The molecule has 1 aromatic heterocycles. The molecule has 94 valence electrons. The van der Waals surface area contributed by atoms with Gasteiger partial charge in [-0.2, -0.15) is 0 Å². The van der Waals surface area contributed by atoms with E-state index in [1.807, 2.05) is 12.1 Å². The average Bonchev–Trinajstić information content (AvgIpc) is 2.37. The summed E-state index contributed by atoms with van der Waals surface area (Å²) in [7, 11) is 0. The lowest BCUT2D eigenvalue weighted by Gasteiger charge is -2.06. The van der Waals surface area contributed by atoms with E-state index in [-0.39, 0.29) is 6.54 Å². The Balaban J connectivity index is 1.95. The van der Waals surface area contributed by atoms with Gasteiger partial charge in [-0.1, -0.05) is 0 Å². The number of hydrogen-bond donors (Lipinski definition) is 1. The molecule has 0 aliphatic carbocycles. The quantitative estimate of drug-likeness (QED) is 0.846.